The Labute approximate surface area is 86.2 Å². The molecular weight excluding hydrogens is 232 g/mol. The van der Waals surface area contributed by atoms with E-state index in [-0.39, 0.29) is 6.10 Å². The van der Waals surface area contributed by atoms with Crippen LogP contribution in [0.3, 0.4) is 0 Å². The Morgan fingerprint density at radius 2 is 2.54 bits per heavy atom. The van der Waals surface area contributed by atoms with E-state index in [9.17, 15) is 0 Å². The van der Waals surface area contributed by atoms with E-state index in [1.165, 1.54) is 0 Å². The molecule has 2 atom stereocenters. The summed E-state index contributed by atoms with van der Waals surface area (Å²) < 4.78 is 7.46. The normalized spacial score (nSPS) is 29.1. The standard InChI is InChI=1S/C9H13BrN2O/c1-12-4-2-8(11-12)9-6-7(10)3-5-13-9/h2,4,7,9H,3,5-6H2,1H3. The first kappa shape index (κ1) is 9.21. The highest BCUT2D eigenvalue weighted by molar-refractivity contribution is 9.09. The zero-order valence-electron chi connectivity index (χ0n) is 7.61. The number of aromatic nitrogens is 2. The first-order valence-corrected chi connectivity index (χ1v) is 5.42. The molecule has 1 fully saturated rings. The molecule has 0 saturated carbocycles. The molecule has 4 heteroatoms. The van der Waals surface area contributed by atoms with Gasteiger partial charge in [-0.15, -0.1) is 0 Å². The van der Waals surface area contributed by atoms with Gasteiger partial charge in [0.15, 0.2) is 0 Å². The maximum Gasteiger partial charge on any atom is 0.102 e. The van der Waals surface area contributed by atoms with Gasteiger partial charge in [0.25, 0.3) is 0 Å². The second-order valence-corrected chi connectivity index (χ2v) is 4.69. The van der Waals surface area contributed by atoms with Crippen LogP contribution in [0.15, 0.2) is 12.3 Å². The second kappa shape index (κ2) is 3.80. The number of ether oxygens (including phenoxy) is 1. The van der Waals surface area contributed by atoms with Gasteiger partial charge >= 0.3 is 0 Å². The third-order valence-electron chi connectivity index (χ3n) is 2.28. The van der Waals surface area contributed by atoms with E-state index in [1.54, 1.807) is 0 Å². The monoisotopic (exact) mass is 244 g/mol. The number of hydrogen-bond acceptors (Lipinski definition) is 2. The van der Waals surface area contributed by atoms with E-state index in [0.717, 1.165) is 25.1 Å². The smallest absolute Gasteiger partial charge is 0.102 e. The number of aryl methyl sites for hydroxylation is 1. The molecule has 0 bridgehead atoms. The van der Waals surface area contributed by atoms with E-state index in [1.807, 2.05) is 24.0 Å². The summed E-state index contributed by atoms with van der Waals surface area (Å²) in [5.41, 5.74) is 1.05. The van der Waals surface area contributed by atoms with Crippen molar-refractivity contribution in [2.24, 2.45) is 7.05 Å². The van der Waals surface area contributed by atoms with Gasteiger partial charge in [-0.1, -0.05) is 15.9 Å². The van der Waals surface area contributed by atoms with Crippen LogP contribution in [0, 0.1) is 0 Å². The lowest BCUT2D eigenvalue weighted by Crippen LogP contribution is -2.20. The molecule has 0 amide bonds. The molecule has 1 aliphatic rings. The van der Waals surface area contributed by atoms with Crippen LogP contribution >= 0.6 is 15.9 Å². The average Bonchev–Trinajstić information content (AvgIpc) is 2.52. The fourth-order valence-electron chi connectivity index (χ4n) is 1.57. The summed E-state index contributed by atoms with van der Waals surface area (Å²) in [5.74, 6) is 0. The molecule has 2 rings (SSSR count). The van der Waals surface area contributed by atoms with Crippen molar-refractivity contribution in [3.05, 3.63) is 18.0 Å². The number of rotatable bonds is 1. The Bertz CT molecular complexity index is 287. The van der Waals surface area contributed by atoms with Crippen molar-refractivity contribution in [2.45, 2.75) is 23.8 Å². The van der Waals surface area contributed by atoms with Crippen molar-refractivity contribution in [3.63, 3.8) is 0 Å². The average molecular weight is 245 g/mol. The van der Waals surface area contributed by atoms with E-state index in [0.29, 0.717) is 4.83 Å². The van der Waals surface area contributed by atoms with Gasteiger partial charge in [0.1, 0.15) is 6.10 Å². The summed E-state index contributed by atoms with van der Waals surface area (Å²) >= 11 is 3.62. The van der Waals surface area contributed by atoms with Crippen molar-refractivity contribution in [2.75, 3.05) is 6.61 Å². The first-order valence-electron chi connectivity index (χ1n) is 4.51. The van der Waals surface area contributed by atoms with Crippen LogP contribution in [0.1, 0.15) is 24.6 Å². The van der Waals surface area contributed by atoms with Crippen LogP contribution in [0.4, 0.5) is 0 Å². The molecule has 2 heterocycles. The zero-order chi connectivity index (χ0) is 9.26. The molecule has 3 nitrogen and oxygen atoms in total. The van der Waals surface area contributed by atoms with Crippen LogP contribution in [0.2, 0.25) is 0 Å². The van der Waals surface area contributed by atoms with Gasteiger partial charge in [-0.3, -0.25) is 4.68 Å². The molecule has 13 heavy (non-hydrogen) atoms. The minimum absolute atomic E-state index is 0.180. The van der Waals surface area contributed by atoms with Crippen molar-refractivity contribution < 1.29 is 4.74 Å². The molecule has 0 radical (unpaired) electrons. The summed E-state index contributed by atoms with van der Waals surface area (Å²) in [5, 5.41) is 4.34. The van der Waals surface area contributed by atoms with E-state index in [2.05, 4.69) is 21.0 Å². The highest BCUT2D eigenvalue weighted by Crippen LogP contribution is 2.30. The van der Waals surface area contributed by atoms with Gasteiger partial charge in [-0.05, 0) is 18.9 Å². The van der Waals surface area contributed by atoms with Crippen LogP contribution in [-0.2, 0) is 11.8 Å². The van der Waals surface area contributed by atoms with Gasteiger partial charge in [0, 0.05) is 24.7 Å². The zero-order valence-corrected chi connectivity index (χ0v) is 9.20. The highest BCUT2D eigenvalue weighted by atomic mass is 79.9. The molecule has 0 aliphatic carbocycles. The third kappa shape index (κ3) is 2.11. The molecule has 0 aromatic carbocycles. The largest absolute Gasteiger partial charge is 0.372 e. The van der Waals surface area contributed by atoms with Gasteiger partial charge in [0.05, 0.1) is 5.69 Å². The highest BCUT2D eigenvalue weighted by Gasteiger charge is 2.23. The van der Waals surface area contributed by atoms with Crippen LogP contribution in [0.25, 0.3) is 0 Å². The minimum atomic E-state index is 0.180. The number of hydrogen-bond donors (Lipinski definition) is 0. The summed E-state index contributed by atoms with van der Waals surface area (Å²) in [6.45, 7) is 0.831. The Kier molecular flexibility index (Phi) is 2.69. The maximum absolute atomic E-state index is 5.64. The number of nitrogens with zero attached hydrogens (tertiary/aromatic N) is 2. The molecule has 1 aromatic rings. The number of halogens is 1. The molecular formula is C9H13BrN2O. The molecule has 72 valence electrons. The van der Waals surface area contributed by atoms with Crippen molar-refractivity contribution >= 4 is 15.9 Å². The lowest BCUT2D eigenvalue weighted by molar-refractivity contribution is 0.0157. The summed E-state index contributed by atoms with van der Waals surface area (Å²) in [6.07, 6.45) is 4.26. The maximum atomic E-state index is 5.64. The third-order valence-corrected chi connectivity index (χ3v) is 3.12. The Morgan fingerprint density at radius 3 is 3.15 bits per heavy atom. The Hall–Kier alpha value is -0.350. The van der Waals surface area contributed by atoms with Gasteiger partial charge in [-0.2, -0.15) is 5.10 Å². The van der Waals surface area contributed by atoms with E-state index in [4.69, 9.17) is 4.74 Å². The van der Waals surface area contributed by atoms with Crippen molar-refractivity contribution in [1.29, 1.82) is 0 Å². The summed E-state index contributed by atoms with van der Waals surface area (Å²) in [7, 11) is 1.93. The van der Waals surface area contributed by atoms with Crippen molar-refractivity contribution in [1.82, 2.24) is 9.78 Å². The Balaban J connectivity index is 2.08. The molecule has 0 spiro atoms. The van der Waals surface area contributed by atoms with E-state index >= 15 is 0 Å². The van der Waals surface area contributed by atoms with Gasteiger partial charge in [-0.25, -0.2) is 0 Å². The second-order valence-electron chi connectivity index (χ2n) is 3.40. The quantitative estimate of drug-likeness (QED) is 0.708. The van der Waals surface area contributed by atoms with Crippen LogP contribution < -0.4 is 0 Å². The number of alkyl halides is 1. The predicted molar refractivity (Wildman–Crippen MR) is 53.9 cm³/mol. The SMILES string of the molecule is Cn1ccc(C2CC(Br)CCO2)n1. The molecule has 1 aromatic heterocycles. The molecule has 0 N–H and O–H groups in total. The fourth-order valence-corrected chi connectivity index (χ4v) is 2.09. The fraction of sp³-hybridized carbons (Fsp3) is 0.667. The first-order chi connectivity index (χ1) is 6.25. The summed E-state index contributed by atoms with van der Waals surface area (Å²) in [6, 6.07) is 2.02. The Morgan fingerprint density at radius 1 is 1.69 bits per heavy atom. The lowest BCUT2D eigenvalue weighted by atomic mass is 10.1. The van der Waals surface area contributed by atoms with E-state index < -0.39 is 0 Å². The molecule has 1 aliphatic heterocycles. The van der Waals surface area contributed by atoms with Gasteiger partial charge < -0.3 is 4.74 Å². The summed E-state index contributed by atoms with van der Waals surface area (Å²) in [4.78, 5) is 0.577. The van der Waals surface area contributed by atoms with Gasteiger partial charge in [0.2, 0.25) is 0 Å². The van der Waals surface area contributed by atoms with Crippen LogP contribution in [0.5, 0.6) is 0 Å². The lowest BCUT2D eigenvalue weighted by Gasteiger charge is -2.24. The molecule has 1 saturated heterocycles. The molecule has 2 unspecified atom stereocenters. The predicted octanol–water partition coefficient (Wildman–Crippen LogP) is 2.04. The minimum Gasteiger partial charge on any atom is -0.372 e. The van der Waals surface area contributed by atoms with Crippen molar-refractivity contribution in [3.8, 4) is 0 Å². The van der Waals surface area contributed by atoms with Crippen LogP contribution in [-0.4, -0.2) is 21.2 Å². The topological polar surface area (TPSA) is 27.1 Å².